The first-order valence-corrected chi connectivity index (χ1v) is 11.3. The van der Waals surface area contributed by atoms with Gasteiger partial charge in [0.1, 0.15) is 22.1 Å². The summed E-state index contributed by atoms with van der Waals surface area (Å²) in [5.74, 6) is -1.79. The fraction of sp³-hybridized carbons (Fsp3) is 0.556. The van der Waals surface area contributed by atoms with Crippen LogP contribution in [0.4, 0.5) is 0 Å². The summed E-state index contributed by atoms with van der Waals surface area (Å²) in [7, 11) is 13.6. The first kappa shape index (κ1) is 24.3. The van der Waals surface area contributed by atoms with Gasteiger partial charge in [-0.1, -0.05) is 0 Å². The molecule has 0 aliphatic rings. The number of nitrogens with zero attached hydrogens (tertiary/aromatic N) is 6. The topological polar surface area (TPSA) is 117 Å². The third kappa shape index (κ3) is 5.78. The average Bonchev–Trinajstić information content (AvgIpc) is 3.16. The van der Waals surface area contributed by atoms with Crippen LogP contribution >= 0.6 is 21.6 Å². The number of aromatic nitrogens is 4. The second kappa shape index (κ2) is 10.3. The minimum atomic E-state index is -0.897. The Morgan fingerprint density at radius 3 is 1.47 bits per heavy atom. The van der Waals surface area contributed by atoms with Gasteiger partial charge < -0.3 is 19.3 Å². The summed E-state index contributed by atoms with van der Waals surface area (Å²) in [6, 6.07) is -1.35. The summed E-state index contributed by atoms with van der Waals surface area (Å²) in [6.45, 7) is 0. The van der Waals surface area contributed by atoms with Crippen molar-refractivity contribution in [1.82, 2.24) is 28.9 Å². The second-order valence-electron chi connectivity index (χ2n) is 7.42. The van der Waals surface area contributed by atoms with Gasteiger partial charge in [-0.25, -0.2) is 9.97 Å². The molecule has 2 atom stereocenters. The minimum absolute atomic E-state index is 0.284. The zero-order valence-electron chi connectivity index (χ0n) is 17.9. The molecule has 0 unspecified atom stereocenters. The number of imidazole rings is 2. The number of likely N-dealkylation sites (N-methyl/N-ethyl adjacent to an activating group) is 2. The largest absolute Gasteiger partial charge is 0.480 e. The molecule has 0 radical (unpaired) electrons. The highest BCUT2D eigenvalue weighted by Crippen LogP contribution is 2.40. The van der Waals surface area contributed by atoms with Crippen LogP contribution in [0.2, 0.25) is 0 Å². The van der Waals surface area contributed by atoms with Gasteiger partial charge in [0.2, 0.25) is 0 Å². The van der Waals surface area contributed by atoms with E-state index in [4.69, 9.17) is 0 Å². The standard InChI is InChI=1S/C18H28N6O4S2/c1-21(2)13(17(25)26)7-11-15(23(5)9-19-11)29-30-16-12(20-10-24(16)6)8-14(18(27)28)22(3)4/h9-10,13-14H,7-8H2,1-6H3,(H,25,26)(H,27,28)/t13-,14-/m0/s1. The van der Waals surface area contributed by atoms with Crippen LogP contribution in [0.5, 0.6) is 0 Å². The number of rotatable bonds is 11. The number of carboxylic acid groups (broad SMARTS) is 2. The number of aryl methyl sites for hydroxylation is 2. The molecule has 0 saturated carbocycles. The second-order valence-corrected chi connectivity index (χ2v) is 9.53. The van der Waals surface area contributed by atoms with Crippen LogP contribution in [0.15, 0.2) is 22.7 Å². The fourth-order valence-electron chi connectivity index (χ4n) is 2.86. The smallest absolute Gasteiger partial charge is 0.321 e. The lowest BCUT2D eigenvalue weighted by Crippen LogP contribution is -2.37. The van der Waals surface area contributed by atoms with Crippen molar-refractivity contribution in [3.05, 3.63) is 24.0 Å². The molecule has 2 aromatic heterocycles. The highest BCUT2D eigenvalue weighted by atomic mass is 33.1. The van der Waals surface area contributed by atoms with E-state index in [1.54, 1.807) is 50.6 Å². The molecule has 0 aliphatic carbocycles. The number of carbonyl (C=O) groups is 2. The SMILES string of the molecule is CN(C)[C@@H](Cc1ncn(C)c1SSc1c(C[C@@H](C(=O)O)N(C)C)ncn1C)C(=O)O. The minimum Gasteiger partial charge on any atom is -0.480 e. The molecule has 0 amide bonds. The van der Waals surface area contributed by atoms with Crippen LogP contribution in [-0.2, 0) is 36.5 Å². The van der Waals surface area contributed by atoms with E-state index < -0.39 is 24.0 Å². The molecule has 2 aromatic rings. The van der Waals surface area contributed by atoms with E-state index in [1.807, 2.05) is 23.2 Å². The normalized spacial score (nSPS) is 13.7. The van der Waals surface area contributed by atoms with Crippen molar-refractivity contribution >= 4 is 33.5 Å². The van der Waals surface area contributed by atoms with Gasteiger partial charge in [0.15, 0.2) is 0 Å². The summed E-state index contributed by atoms with van der Waals surface area (Å²) in [4.78, 5) is 35.2. The fourth-order valence-corrected chi connectivity index (χ4v) is 5.56. The zero-order chi connectivity index (χ0) is 22.6. The lowest BCUT2D eigenvalue weighted by Gasteiger charge is -2.20. The summed E-state index contributed by atoms with van der Waals surface area (Å²) < 4.78 is 3.72. The predicted molar refractivity (Wildman–Crippen MR) is 116 cm³/mol. The van der Waals surface area contributed by atoms with Gasteiger partial charge in [0.05, 0.1) is 24.0 Å². The molecule has 0 bridgehead atoms. The molecule has 10 nitrogen and oxygen atoms in total. The quantitative estimate of drug-likeness (QED) is 0.476. The van der Waals surface area contributed by atoms with Gasteiger partial charge in [-0.05, 0) is 49.8 Å². The van der Waals surface area contributed by atoms with E-state index in [-0.39, 0.29) is 12.8 Å². The van der Waals surface area contributed by atoms with Gasteiger partial charge in [-0.2, -0.15) is 0 Å². The van der Waals surface area contributed by atoms with Gasteiger partial charge >= 0.3 is 11.9 Å². The van der Waals surface area contributed by atoms with Crippen LogP contribution in [-0.4, -0.2) is 91.3 Å². The Hall–Kier alpha value is -2.02. The maximum atomic E-state index is 11.6. The van der Waals surface area contributed by atoms with Crippen LogP contribution in [0.3, 0.4) is 0 Å². The molecular weight excluding hydrogens is 428 g/mol. The van der Waals surface area contributed by atoms with Crippen molar-refractivity contribution in [2.24, 2.45) is 14.1 Å². The lowest BCUT2D eigenvalue weighted by molar-refractivity contribution is -0.143. The first-order valence-electron chi connectivity index (χ1n) is 9.16. The Labute approximate surface area is 183 Å². The molecule has 0 aliphatic heterocycles. The van der Waals surface area contributed by atoms with Crippen LogP contribution < -0.4 is 0 Å². The van der Waals surface area contributed by atoms with E-state index in [9.17, 15) is 19.8 Å². The summed E-state index contributed by atoms with van der Waals surface area (Å²) in [5, 5.41) is 20.7. The van der Waals surface area contributed by atoms with Gasteiger partial charge in [-0.3, -0.25) is 19.4 Å². The van der Waals surface area contributed by atoms with Crippen LogP contribution in [0.1, 0.15) is 11.4 Å². The monoisotopic (exact) mass is 456 g/mol. The maximum absolute atomic E-state index is 11.6. The van der Waals surface area contributed by atoms with Crippen molar-refractivity contribution in [2.45, 2.75) is 35.0 Å². The Kier molecular flexibility index (Phi) is 8.35. The predicted octanol–water partition coefficient (Wildman–Crippen LogP) is 1.07. The number of aliphatic carboxylic acids is 2. The van der Waals surface area contributed by atoms with Gasteiger partial charge in [0, 0.05) is 26.9 Å². The number of hydrogen-bond donors (Lipinski definition) is 2. The summed E-state index contributed by atoms with van der Waals surface area (Å²) in [6.07, 6.45) is 3.91. The molecule has 2 rings (SSSR count). The zero-order valence-corrected chi connectivity index (χ0v) is 19.6. The maximum Gasteiger partial charge on any atom is 0.321 e. The molecule has 2 N–H and O–H groups in total. The molecule has 0 spiro atoms. The third-order valence-corrected chi connectivity index (χ3v) is 7.34. The first-order chi connectivity index (χ1) is 14.0. The molecule has 0 aromatic carbocycles. The Bertz CT molecular complexity index is 823. The van der Waals surface area contributed by atoms with Crippen LogP contribution in [0.25, 0.3) is 0 Å². The Morgan fingerprint density at radius 1 is 0.867 bits per heavy atom. The molecule has 0 fully saturated rings. The van der Waals surface area contributed by atoms with E-state index in [2.05, 4.69) is 9.97 Å². The van der Waals surface area contributed by atoms with Crippen molar-refractivity contribution in [3.8, 4) is 0 Å². The Morgan fingerprint density at radius 2 is 1.20 bits per heavy atom. The summed E-state index contributed by atoms with van der Waals surface area (Å²) in [5.41, 5.74) is 1.41. The highest BCUT2D eigenvalue weighted by molar-refractivity contribution is 8.76. The van der Waals surface area contributed by atoms with E-state index in [0.717, 1.165) is 10.1 Å². The number of hydrogen-bond acceptors (Lipinski definition) is 8. The number of carboxylic acids is 2. The van der Waals surface area contributed by atoms with E-state index in [1.165, 1.54) is 21.6 Å². The molecule has 0 saturated heterocycles. The molecule has 30 heavy (non-hydrogen) atoms. The Balaban J connectivity index is 2.21. The van der Waals surface area contributed by atoms with E-state index in [0.29, 0.717) is 11.4 Å². The van der Waals surface area contributed by atoms with Crippen molar-refractivity contribution in [2.75, 3.05) is 28.2 Å². The van der Waals surface area contributed by atoms with E-state index >= 15 is 0 Å². The third-order valence-electron chi connectivity index (χ3n) is 4.70. The van der Waals surface area contributed by atoms with Crippen molar-refractivity contribution in [1.29, 1.82) is 0 Å². The highest BCUT2D eigenvalue weighted by Gasteiger charge is 2.26. The van der Waals surface area contributed by atoms with Crippen LogP contribution in [0, 0.1) is 0 Å². The van der Waals surface area contributed by atoms with Crippen molar-refractivity contribution in [3.63, 3.8) is 0 Å². The molecule has 166 valence electrons. The molecular formula is C18H28N6O4S2. The lowest BCUT2D eigenvalue weighted by atomic mass is 10.1. The van der Waals surface area contributed by atoms with Gasteiger partial charge in [0.25, 0.3) is 0 Å². The molecule has 2 heterocycles. The average molecular weight is 457 g/mol. The molecule has 12 heteroatoms. The summed E-state index contributed by atoms with van der Waals surface area (Å²) >= 11 is 0. The van der Waals surface area contributed by atoms with Crippen molar-refractivity contribution < 1.29 is 19.8 Å². The van der Waals surface area contributed by atoms with Gasteiger partial charge in [-0.15, -0.1) is 0 Å².